The van der Waals surface area contributed by atoms with Gasteiger partial charge < -0.3 is 19.6 Å². The first-order valence-electron chi connectivity index (χ1n) is 9.90. The van der Waals surface area contributed by atoms with Gasteiger partial charge in [-0.3, -0.25) is 9.59 Å². The maximum absolute atomic E-state index is 12.8. The van der Waals surface area contributed by atoms with Crippen LogP contribution >= 0.6 is 11.8 Å². The Kier molecular flexibility index (Phi) is 5.58. The van der Waals surface area contributed by atoms with Crippen LogP contribution in [0.2, 0.25) is 0 Å². The summed E-state index contributed by atoms with van der Waals surface area (Å²) in [7, 11) is 0. The van der Waals surface area contributed by atoms with Crippen LogP contribution in [0.3, 0.4) is 0 Å². The molecule has 2 aliphatic rings. The quantitative estimate of drug-likeness (QED) is 0.781. The molecule has 3 heterocycles. The maximum atomic E-state index is 12.8. The Bertz CT molecular complexity index is 939. The van der Waals surface area contributed by atoms with Crippen LogP contribution in [0.5, 0.6) is 11.5 Å². The Labute approximate surface area is 173 Å². The summed E-state index contributed by atoms with van der Waals surface area (Å²) in [6, 6.07) is 9.17. The van der Waals surface area contributed by atoms with Crippen LogP contribution in [0.15, 0.2) is 39.5 Å². The summed E-state index contributed by atoms with van der Waals surface area (Å²) in [6.45, 7) is 2.10. The van der Waals surface area contributed by atoms with Crippen molar-refractivity contribution in [3.05, 3.63) is 57.6 Å². The number of nitrogens with one attached hydrogen (secondary N) is 1. The number of hydrogen-bond donors (Lipinski definition) is 2. The third-order valence-electron chi connectivity index (χ3n) is 5.72. The standard InChI is InChI=1S/C22H25NO5S/c1-14-10-17(24)20(26)21(27-14)22(6-8-29-9-7-22)12-19(25)23-13-16-11-15-4-2-3-5-18(15)28-16/h2-5,10,16,26H,6-9,11-13H2,1H3,(H,23,25). The Morgan fingerprint density at radius 2 is 2.07 bits per heavy atom. The zero-order chi connectivity index (χ0) is 20.4. The van der Waals surface area contributed by atoms with Crippen LogP contribution in [0.4, 0.5) is 0 Å². The van der Waals surface area contributed by atoms with Crippen LogP contribution in [0, 0.1) is 6.92 Å². The van der Waals surface area contributed by atoms with Gasteiger partial charge in [-0.25, -0.2) is 0 Å². The van der Waals surface area contributed by atoms with Gasteiger partial charge in [0.1, 0.15) is 17.6 Å². The average Bonchev–Trinajstić information content (AvgIpc) is 3.13. The van der Waals surface area contributed by atoms with Gasteiger partial charge in [0.15, 0.2) is 5.76 Å². The van der Waals surface area contributed by atoms with Crippen molar-refractivity contribution in [1.82, 2.24) is 5.32 Å². The number of carbonyl (C=O) groups excluding carboxylic acids is 1. The summed E-state index contributed by atoms with van der Waals surface area (Å²) in [5.41, 5.74) is 0.0299. The Hall–Kier alpha value is -2.41. The summed E-state index contributed by atoms with van der Waals surface area (Å²) in [5.74, 6) is 2.78. The molecule has 1 fully saturated rings. The minimum atomic E-state index is -0.663. The largest absolute Gasteiger partial charge is 0.502 e. The third-order valence-corrected chi connectivity index (χ3v) is 6.70. The Morgan fingerprint density at radius 1 is 1.31 bits per heavy atom. The second-order valence-electron chi connectivity index (χ2n) is 7.82. The highest BCUT2D eigenvalue weighted by Gasteiger charge is 2.41. The average molecular weight is 416 g/mol. The number of ether oxygens (including phenoxy) is 1. The first kappa shape index (κ1) is 19.9. The molecule has 2 aromatic rings. The predicted octanol–water partition coefficient (Wildman–Crippen LogP) is 2.93. The van der Waals surface area contributed by atoms with Crippen molar-refractivity contribution in [1.29, 1.82) is 0 Å². The predicted molar refractivity (Wildman–Crippen MR) is 112 cm³/mol. The topological polar surface area (TPSA) is 88.8 Å². The molecule has 1 aromatic heterocycles. The molecule has 1 aromatic carbocycles. The second-order valence-corrected chi connectivity index (χ2v) is 9.05. The number of thioether (sulfide) groups is 1. The van der Waals surface area contributed by atoms with E-state index in [2.05, 4.69) is 5.32 Å². The molecule has 0 radical (unpaired) electrons. The van der Waals surface area contributed by atoms with E-state index in [0.29, 0.717) is 25.1 Å². The lowest BCUT2D eigenvalue weighted by molar-refractivity contribution is -0.123. The van der Waals surface area contributed by atoms with E-state index in [1.165, 1.54) is 6.07 Å². The molecule has 0 saturated carbocycles. The SMILES string of the molecule is Cc1cc(=O)c(O)c(C2(CC(=O)NCC3Cc4ccccc4O3)CCSCC2)o1. The minimum Gasteiger partial charge on any atom is -0.502 e. The lowest BCUT2D eigenvalue weighted by atomic mass is 9.75. The highest BCUT2D eigenvalue weighted by Crippen LogP contribution is 2.44. The van der Waals surface area contributed by atoms with Crippen molar-refractivity contribution in [3.8, 4) is 11.5 Å². The summed E-state index contributed by atoms with van der Waals surface area (Å²) >= 11 is 1.81. The third kappa shape index (κ3) is 4.15. The molecule has 1 saturated heterocycles. The van der Waals surface area contributed by atoms with Gasteiger partial charge in [-0.15, -0.1) is 0 Å². The van der Waals surface area contributed by atoms with E-state index in [1.807, 2.05) is 24.3 Å². The molecule has 0 spiro atoms. The first-order chi connectivity index (χ1) is 14.0. The number of amides is 1. The van der Waals surface area contributed by atoms with E-state index < -0.39 is 10.8 Å². The first-order valence-corrected chi connectivity index (χ1v) is 11.1. The monoisotopic (exact) mass is 415 g/mol. The van der Waals surface area contributed by atoms with Crippen LogP contribution in [0.1, 0.15) is 36.3 Å². The van der Waals surface area contributed by atoms with Gasteiger partial charge in [-0.2, -0.15) is 11.8 Å². The van der Waals surface area contributed by atoms with Gasteiger partial charge in [0.2, 0.25) is 17.1 Å². The Morgan fingerprint density at radius 3 is 2.83 bits per heavy atom. The van der Waals surface area contributed by atoms with Crippen LogP contribution in [-0.2, 0) is 16.6 Å². The number of aryl methyl sites for hydroxylation is 1. The normalized spacial score (nSPS) is 20.0. The zero-order valence-electron chi connectivity index (χ0n) is 16.4. The summed E-state index contributed by atoms with van der Waals surface area (Å²) in [6.07, 6.45) is 2.21. The van der Waals surface area contributed by atoms with Gasteiger partial charge >= 0.3 is 0 Å². The van der Waals surface area contributed by atoms with Gasteiger partial charge in [0.05, 0.1) is 6.54 Å². The molecule has 2 N–H and O–H groups in total. The van der Waals surface area contributed by atoms with E-state index >= 15 is 0 Å². The molecule has 0 bridgehead atoms. The molecule has 29 heavy (non-hydrogen) atoms. The molecule has 1 unspecified atom stereocenters. The molecule has 1 atom stereocenters. The summed E-state index contributed by atoms with van der Waals surface area (Å²) in [5, 5.41) is 13.4. The van der Waals surface area contributed by atoms with E-state index in [0.717, 1.165) is 29.2 Å². The highest BCUT2D eigenvalue weighted by molar-refractivity contribution is 7.99. The fraction of sp³-hybridized carbons (Fsp3) is 0.455. The van der Waals surface area contributed by atoms with E-state index in [4.69, 9.17) is 9.15 Å². The number of fused-ring (bicyclic) bond motifs is 1. The lowest BCUT2D eigenvalue weighted by Gasteiger charge is -2.35. The van der Waals surface area contributed by atoms with E-state index in [1.54, 1.807) is 18.7 Å². The summed E-state index contributed by atoms with van der Waals surface area (Å²) in [4.78, 5) is 24.9. The van der Waals surface area contributed by atoms with Gasteiger partial charge in [0, 0.05) is 24.3 Å². The fourth-order valence-corrected chi connectivity index (χ4v) is 5.45. The fourth-order valence-electron chi connectivity index (χ4n) is 4.17. The van der Waals surface area contributed by atoms with Gasteiger partial charge in [0.25, 0.3) is 0 Å². The van der Waals surface area contributed by atoms with Crippen LogP contribution < -0.4 is 15.5 Å². The molecule has 4 rings (SSSR count). The summed E-state index contributed by atoms with van der Waals surface area (Å²) < 4.78 is 11.7. The molecule has 2 aliphatic heterocycles. The highest BCUT2D eigenvalue weighted by atomic mass is 32.2. The molecule has 1 amide bonds. The number of aromatic hydroxyl groups is 1. The van der Waals surface area contributed by atoms with E-state index in [-0.39, 0.29) is 29.9 Å². The molecular formula is C22H25NO5S. The van der Waals surface area contributed by atoms with Crippen molar-refractivity contribution < 1.29 is 19.1 Å². The van der Waals surface area contributed by atoms with Crippen molar-refractivity contribution in [2.75, 3.05) is 18.1 Å². The number of rotatable bonds is 5. The second kappa shape index (κ2) is 8.14. The number of carbonyl (C=O) groups is 1. The van der Waals surface area contributed by atoms with Crippen molar-refractivity contribution >= 4 is 17.7 Å². The van der Waals surface area contributed by atoms with Crippen LogP contribution in [-0.4, -0.2) is 35.2 Å². The Balaban J connectivity index is 1.46. The number of hydrogen-bond acceptors (Lipinski definition) is 6. The minimum absolute atomic E-state index is 0.0838. The van der Waals surface area contributed by atoms with E-state index in [9.17, 15) is 14.7 Å². The zero-order valence-corrected chi connectivity index (χ0v) is 17.2. The van der Waals surface area contributed by atoms with Gasteiger partial charge in [-0.1, -0.05) is 18.2 Å². The van der Waals surface area contributed by atoms with Crippen molar-refractivity contribution in [2.45, 2.75) is 44.1 Å². The molecule has 0 aliphatic carbocycles. The van der Waals surface area contributed by atoms with Crippen molar-refractivity contribution in [2.24, 2.45) is 0 Å². The van der Waals surface area contributed by atoms with Crippen LogP contribution in [0.25, 0.3) is 0 Å². The van der Waals surface area contributed by atoms with Crippen molar-refractivity contribution in [3.63, 3.8) is 0 Å². The number of para-hydroxylation sites is 1. The smallest absolute Gasteiger partial charge is 0.227 e. The number of benzene rings is 1. The molecule has 6 nitrogen and oxygen atoms in total. The lowest BCUT2D eigenvalue weighted by Crippen LogP contribution is -2.41. The molecule has 154 valence electrons. The van der Waals surface area contributed by atoms with Gasteiger partial charge in [-0.05, 0) is 42.9 Å². The molecule has 7 heteroatoms. The maximum Gasteiger partial charge on any atom is 0.227 e. The molecular weight excluding hydrogens is 390 g/mol.